The van der Waals surface area contributed by atoms with Crippen molar-refractivity contribution in [2.24, 2.45) is 28.1 Å². The molecule has 0 aliphatic carbocycles. The summed E-state index contributed by atoms with van der Waals surface area (Å²) in [4.78, 5) is 50.3. The summed E-state index contributed by atoms with van der Waals surface area (Å²) in [5.74, 6) is -4.67. The number of hydrogen-bond donors (Lipinski definition) is 7. The number of aliphatic carboxylic acids is 2. The molecule has 3 atom stereocenters. The summed E-state index contributed by atoms with van der Waals surface area (Å²) in [5.41, 5.74) is 16.0. The van der Waals surface area contributed by atoms with Crippen LogP contribution in [0.15, 0.2) is 4.99 Å². The fraction of sp³-hybridized carbons (Fsp3) is 0.667. The van der Waals surface area contributed by atoms with Gasteiger partial charge in [-0.05, 0) is 18.8 Å². The van der Waals surface area contributed by atoms with E-state index in [-0.39, 0.29) is 31.3 Å². The molecule has 0 bridgehead atoms. The van der Waals surface area contributed by atoms with Crippen molar-refractivity contribution in [2.45, 2.75) is 51.2 Å². The Morgan fingerprint density at radius 1 is 1.00 bits per heavy atom. The minimum Gasteiger partial charge on any atom is -0.481 e. The number of carboxylic acid groups (broad SMARTS) is 2. The van der Waals surface area contributed by atoms with Crippen LogP contribution in [0, 0.1) is 5.92 Å². The number of hydrogen-bond acceptors (Lipinski definition) is 6. The summed E-state index contributed by atoms with van der Waals surface area (Å²) < 4.78 is 0. The topological polar surface area (TPSA) is 223 Å². The van der Waals surface area contributed by atoms with Gasteiger partial charge in [0.2, 0.25) is 11.8 Å². The molecule has 0 rings (SSSR count). The van der Waals surface area contributed by atoms with Gasteiger partial charge in [-0.3, -0.25) is 19.4 Å². The Hall–Kier alpha value is -2.89. The molecule has 0 aromatic rings. The predicted octanol–water partition coefficient (Wildman–Crippen LogP) is -2.45. The van der Waals surface area contributed by atoms with Crippen LogP contribution >= 0.6 is 0 Å². The first-order valence-electron chi connectivity index (χ1n) is 8.32. The normalized spacial score (nSPS) is 13.9. The second-order valence-electron chi connectivity index (χ2n) is 6.28. The third-order valence-electron chi connectivity index (χ3n) is 3.59. The maximum absolute atomic E-state index is 12.3. The lowest BCUT2D eigenvalue weighted by Gasteiger charge is -2.23. The fourth-order valence-electron chi connectivity index (χ4n) is 1.99. The minimum atomic E-state index is -1.46. The molecule has 0 spiro atoms. The standard InChI is InChI=1S/C15H28N6O6/c1-7(2)11(16)13(25)21-9(6-10(22)23)12(24)20-8(14(26)27)4-3-5-19-15(17)18/h7-9,11H,3-6,16H2,1-2H3,(H,20,24)(H,21,25)(H,22,23)(H,26,27)(H4,17,18,19). The summed E-state index contributed by atoms with van der Waals surface area (Å²) in [5, 5.41) is 22.6. The highest BCUT2D eigenvalue weighted by Crippen LogP contribution is 2.03. The molecule has 12 nitrogen and oxygen atoms in total. The van der Waals surface area contributed by atoms with Gasteiger partial charge >= 0.3 is 11.9 Å². The molecule has 27 heavy (non-hydrogen) atoms. The van der Waals surface area contributed by atoms with Crippen molar-refractivity contribution in [1.29, 1.82) is 0 Å². The van der Waals surface area contributed by atoms with E-state index in [1.165, 1.54) is 0 Å². The summed E-state index contributed by atoms with van der Waals surface area (Å²) in [7, 11) is 0. The van der Waals surface area contributed by atoms with Gasteiger partial charge in [-0.25, -0.2) is 4.79 Å². The first-order chi connectivity index (χ1) is 12.5. The third-order valence-corrected chi connectivity index (χ3v) is 3.59. The monoisotopic (exact) mass is 388 g/mol. The van der Waals surface area contributed by atoms with Crippen molar-refractivity contribution in [2.75, 3.05) is 6.54 Å². The molecule has 3 unspecified atom stereocenters. The molecular weight excluding hydrogens is 360 g/mol. The van der Waals surface area contributed by atoms with Crippen LogP contribution in [-0.2, 0) is 19.2 Å². The zero-order valence-electron chi connectivity index (χ0n) is 15.3. The Balaban J connectivity index is 5.01. The average molecular weight is 388 g/mol. The maximum atomic E-state index is 12.3. The number of carboxylic acids is 2. The highest BCUT2D eigenvalue weighted by atomic mass is 16.4. The molecule has 12 heteroatoms. The lowest BCUT2D eigenvalue weighted by molar-refractivity contribution is -0.143. The van der Waals surface area contributed by atoms with Gasteiger partial charge in [0.05, 0.1) is 12.5 Å². The van der Waals surface area contributed by atoms with Gasteiger partial charge in [0, 0.05) is 6.54 Å². The zero-order chi connectivity index (χ0) is 21.1. The van der Waals surface area contributed by atoms with Crippen molar-refractivity contribution in [3.8, 4) is 0 Å². The zero-order valence-corrected chi connectivity index (χ0v) is 15.3. The number of rotatable bonds is 12. The van der Waals surface area contributed by atoms with Gasteiger partial charge in [-0.1, -0.05) is 13.8 Å². The SMILES string of the molecule is CC(C)C(N)C(=O)NC(CC(=O)O)C(=O)NC(CCCN=C(N)N)C(=O)O. The first-order valence-corrected chi connectivity index (χ1v) is 8.32. The maximum Gasteiger partial charge on any atom is 0.326 e. The van der Waals surface area contributed by atoms with Crippen LogP contribution < -0.4 is 27.8 Å². The number of guanidine groups is 1. The number of carbonyl (C=O) groups is 4. The summed E-state index contributed by atoms with van der Waals surface area (Å²) in [6.45, 7) is 3.54. The van der Waals surface area contributed by atoms with Gasteiger partial charge in [-0.15, -0.1) is 0 Å². The van der Waals surface area contributed by atoms with E-state index in [0.29, 0.717) is 0 Å². The number of amides is 2. The van der Waals surface area contributed by atoms with Crippen LogP contribution in [0.2, 0.25) is 0 Å². The van der Waals surface area contributed by atoms with Crippen molar-refractivity contribution in [3.63, 3.8) is 0 Å². The Bertz CT molecular complexity index is 575. The second-order valence-corrected chi connectivity index (χ2v) is 6.28. The Morgan fingerprint density at radius 3 is 2.00 bits per heavy atom. The van der Waals surface area contributed by atoms with Crippen LogP contribution in [0.5, 0.6) is 0 Å². The van der Waals surface area contributed by atoms with Crippen LogP contribution in [0.1, 0.15) is 33.1 Å². The number of nitrogens with two attached hydrogens (primary N) is 3. The summed E-state index contributed by atoms with van der Waals surface area (Å²) in [6, 6.07) is -3.69. The third kappa shape index (κ3) is 9.99. The van der Waals surface area contributed by atoms with E-state index in [0.717, 1.165) is 0 Å². The Kier molecular flexibility index (Phi) is 10.4. The van der Waals surface area contributed by atoms with Crippen molar-refractivity contribution in [3.05, 3.63) is 0 Å². The van der Waals surface area contributed by atoms with Crippen LogP contribution in [0.25, 0.3) is 0 Å². The molecular formula is C15H28N6O6. The van der Waals surface area contributed by atoms with Crippen LogP contribution in [0.4, 0.5) is 0 Å². The largest absolute Gasteiger partial charge is 0.481 e. The molecule has 0 fully saturated rings. The molecule has 0 heterocycles. The molecule has 0 aliphatic rings. The van der Waals surface area contributed by atoms with E-state index in [2.05, 4.69) is 15.6 Å². The van der Waals surface area contributed by atoms with E-state index >= 15 is 0 Å². The molecule has 0 saturated carbocycles. The molecule has 0 saturated heterocycles. The highest BCUT2D eigenvalue weighted by molar-refractivity contribution is 5.93. The lowest BCUT2D eigenvalue weighted by Crippen LogP contribution is -2.55. The predicted molar refractivity (Wildman–Crippen MR) is 96.5 cm³/mol. The van der Waals surface area contributed by atoms with Gasteiger partial charge in [0.15, 0.2) is 5.96 Å². The van der Waals surface area contributed by atoms with E-state index in [1.54, 1.807) is 13.8 Å². The van der Waals surface area contributed by atoms with Crippen LogP contribution in [-0.4, -0.2) is 64.6 Å². The van der Waals surface area contributed by atoms with Gasteiger partial charge in [-0.2, -0.15) is 0 Å². The summed E-state index contributed by atoms with van der Waals surface area (Å²) in [6.07, 6.45) is -0.441. The number of carbonyl (C=O) groups excluding carboxylic acids is 2. The minimum absolute atomic E-state index is 0.0110. The number of aliphatic imine (C=N–C) groups is 1. The lowest BCUT2D eigenvalue weighted by atomic mass is 10.0. The molecule has 2 amide bonds. The molecule has 0 radical (unpaired) electrons. The summed E-state index contributed by atoms with van der Waals surface area (Å²) >= 11 is 0. The smallest absolute Gasteiger partial charge is 0.326 e. The molecule has 10 N–H and O–H groups in total. The average Bonchev–Trinajstić information content (AvgIpc) is 2.54. The second kappa shape index (κ2) is 11.7. The van der Waals surface area contributed by atoms with Crippen molar-refractivity contribution in [1.82, 2.24) is 10.6 Å². The van der Waals surface area contributed by atoms with Gasteiger partial charge < -0.3 is 38.0 Å². The van der Waals surface area contributed by atoms with Crippen molar-refractivity contribution >= 4 is 29.7 Å². The molecule has 0 aromatic heterocycles. The van der Waals surface area contributed by atoms with Crippen molar-refractivity contribution < 1.29 is 29.4 Å². The van der Waals surface area contributed by atoms with E-state index < -0.39 is 48.3 Å². The number of nitrogens with one attached hydrogen (secondary N) is 2. The highest BCUT2D eigenvalue weighted by Gasteiger charge is 2.30. The fourth-order valence-corrected chi connectivity index (χ4v) is 1.99. The van der Waals surface area contributed by atoms with Crippen LogP contribution in [0.3, 0.4) is 0 Å². The van der Waals surface area contributed by atoms with E-state index in [4.69, 9.17) is 22.3 Å². The number of nitrogens with zero attached hydrogens (tertiary/aromatic N) is 1. The Labute approximate surface area is 156 Å². The van der Waals surface area contributed by atoms with Gasteiger partial charge in [0.25, 0.3) is 0 Å². The first kappa shape index (κ1) is 24.1. The molecule has 0 aliphatic heterocycles. The van der Waals surface area contributed by atoms with E-state index in [1.807, 2.05) is 0 Å². The van der Waals surface area contributed by atoms with E-state index in [9.17, 15) is 24.3 Å². The quantitative estimate of drug-likeness (QED) is 0.107. The molecule has 0 aromatic carbocycles. The molecule has 154 valence electrons. The van der Waals surface area contributed by atoms with Gasteiger partial charge in [0.1, 0.15) is 12.1 Å². The Morgan fingerprint density at radius 2 is 1.56 bits per heavy atom.